The molecule has 2 heteroatoms. The molecule has 0 spiro atoms. The van der Waals surface area contributed by atoms with Gasteiger partial charge < -0.3 is 0 Å². The van der Waals surface area contributed by atoms with Crippen LogP contribution in [0.5, 0.6) is 0 Å². The molecule has 19 heavy (non-hydrogen) atoms. The van der Waals surface area contributed by atoms with Crippen molar-refractivity contribution in [3.05, 3.63) is 48.5 Å². The van der Waals surface area contributed by atoms with Crippen LogP contribution in [0.3, 0.4) is 0 Å². The van der Waals surface area contributed by atoms with Crippen molar-refractivity contribution >= 4 is 27.7 Å². The monoisotopic (exact) mass is 251 g/mol. The van der Waals surface area contributed by atoms with Crippen LogP contribution in [0.25, 0.3) is 21.8 Å². The minimum Gasteiger partial charge on any atom is -0.280 e. The fourth-order valence-corrected chi connectivity index (χ4v) is 2.63. The lowest BCUT2D eigenvalue weighted by Crippen LogP contribution is -2.09. The summed E-state index contributed by atoms with van der Waals surface area (Å²) in [5, 5.41) is 2.31. The number of nitrogens with zero attached hydrogens (tertiary/aromatic N) is 1. The second-order valence-electron chi connectivity index (χ2n) is 4.87. The molecule has 0 atom stereocenters. The summed E-state index contributed by atoms with van der Waals surface area (Å²) in [4.78, 5) is 12.5. The van der Waals surface area contributed by atoms with Gasteiger partial charge in [0.2, 0.25) is 5.91 Å². The number of rotatable bonds is 3. The lowest BCUT2D eigenvalue weighted by Gasteiger charge is -2.05. The number of aromatic nitrogens is 1. The second kappa shape index (κ2) is 4.88. The zero-order chi connectivity index (χ0) is 13.2. The van der Waals surface area contributed by atoms with Crippen molar-refractivity contribution in [3.8, 4) is 0 Å². The van der Waals surface area contributed by atoms with Crippen molar-refractivity contribution in [2.75, 3.05) is 0 Å². The van der Waals surface area contributed by atoms with Crippen LogP contribution in [0.1, 0.15) is 31.0 Å². The van der Waals surface area contributed by atoms with E-state index in [1.807, 2.05) is 41.0 Å². The van der Waals surface area contributed by atoms with Crippen LogP contribution in [0.2, 0.25) is 0 Å². The lowest BCUT2D eigenvalue weighted by molar-refractivity contribution is 0.0910. The van der Waals surface area contributed by atoms with Crippen LogP contribution >= 0.6 is 0 Å². The highest BCUT2D eigenvalue weighted by Crippen LogP contribution is 2.28. The molecule has 0 saturated carbocycles. The Morgan fingerprint density at radius 1 is 0.947 bits per heavy atom. The van der Waals surface area contributed by atoms with Gasteiger partial charge >= 0.3 is 0 Å². The number of benzene rings is 2. The van der Waals surface area contributed by atoms with Gasteiger partial charge in [-0.15, -0.1) is 0 Å². The molecule has 2 aromatic carbocycles. The number of hydrogen-bond acceptors (Lipinski definition) is 1. The fourth-order valence-electron chi connectivity index (χ4n) is 2.63. The van der Waals surface area contributed by atoms with Gasteiger partial charge in [0.15, 0.2) is 0 Å². The average molecular weight is 251 g/mol. The van der Waals surface area contributed by atoms with Gasteiger partial charge in [-0.05, 0) is 18.6 Å². The molecular formula is C17H17NO. The van der Waals surface area contributed by atoms with Gasteiger partial charge in [-0.2, -0.15) is 0 Å². The topological polar surface area (TPSA) is 22.0 Å². The van der Waals surface area contributed by atoms with Gasteiger partial charge in [0.25, 0.3) is 0 Å². The van der Waals surface area contributed by atoms with Gasteiger partial charge in [0, 0.05) is 17.2 Å². The van der Waals surface area contributed by atoms with E-state index in [1.165, 1.54) is 0 Å². The minimum absolute atomic E-state index is 0.194. The number of hydrogen-bond donors (Lipinski definition) is 0. The summed E-state index contributed by atoms with van der Waals surface area (Å²) < 4.78 is 1.88. The Hall–Kier alpha value is -2.09. The number of unbranched alkanes of at least 4 members (excludes halogenated alkanes) is 1. The molecule has 0 N–H and O–H groups in total. The molecule has 2 nitrogen and oxygen atoms in total. The van der Waals surface area contributed by atoms with Crippen LogP contribution in [0.4, 0.5) is 0 Å². The highest BCUT2D eigenvalue weighted by Gasteiger charge is 2.14. The van der Waals surface area contributed by atoms with E-state index in [0.29, 0.717) is 6.42 Å². The van der Waals surface area contributed by atoms with E-state index in [9.17, 15) is 4.79 Å². The van der Waals surface area contributed by atoms with Crippen LogP contribution < -0.4 is 0 Å². The van der Waals surface area contributed by atoms with Crippen molar-refractivity contribution in [2.24, 2.45) is 0 Å². The first kappa shape index (κ1) is 12.0. The molecule has 0 aliphatic heterocycles. The quantitative estimate of drug-likeness (QED) is 0.665. The first-order valence-electron chi connectivity index (χ1n) is 6.84. The van der Waals surface area contributed by atoms with Crippen molar-refractivity contribution < 1.29 is 4.79 Å². The largest absolute Gasteiger partial charge is 0.280 e. The highest BCUT2D eigenvalue weighted by molar-refractivity contribution is 6.13. The van der Waals surface area contributed by atoms with Gasteiger partial charge in [-0.3, -0.25) is 9.36 Å². The molecule has 0 radical (unpaired) electrons. The standard InChI is InChI=1S/C17H17NO/c1-2-3-12-17(19)18-15-10-6-4-8-13(15)14-9-5-7-11-16(14)18/h4-11H,2-3,12H2,1H3. The average Bonchev–Trinajstić information content (AvgIpc) is 2.79. The molecule has 0 amide bonds. The molecular weight excluding hydrogens is 234 g/mol. The van der Waals surface area contributed by atoms with Crippen LogP contribution in [0, 0.1) is 0 Å². The Kier molecular flexibility index (Phi) is 3.08. The van der Waals surface area contributed by atoms with Crippen molar-refractivity contribution in [1.29, 1.82) is 0 Å². The first-order chi connectivity index (χ1) is 9.33. The SMILES string of the molecule is CCCCC(=O)n1c2ccccc2c2ccccc21. The number of para-hydroxylation sites is 2. The summed E-state index contributed by atoms with van der Waals surface area (Å²) in [6.07, 6.45) is 2.60. The number of carbonyl (C=O) groups is 1. The maximum Gasteiger partial charge on any atom is 0.231 e. The van der Waals surface area contributed by atoms with Crippen molar-refractivity contribution in [1.82, 2.24) is 4.57 Å². The second-order valence-corrected chi connectivity index (χ2v) is 4.87. The third-order valence-electron chi connectivity index (χ3n) is 3.57. The third-order valence-corrected chi connectivity index (χ3v) is 3.57. The molecule has 0 aliphatic rings. The van der Waals surface area contributed by atoms with Gasteiger partial charge in [0.1, 0.15) is 0 Å². The molecule has 3 rings (SSSR count). The molecule has 1 heterocycles. The summed E-state index contributed by atoms with van der Waals surface area (Å²) in [5.41, 5.74) is 2.04. The molecule has 0 aliphatic carbocycles. The van der Waals surface area contributed by atoms with Gasteiger partial charge in [-0.1, -0.05) is 49.7 Å². The summed E-state index contributed by atoms with van der Waals surface area (Å²) in [7, 11) is 0. The predicted molar refractivity (Wildman–Crippen MR) is 79.6 cm³/mol. The first-order valence-corrected chi connectivity index (χ1v) is 6.84. The van der Waals surface area contributed by atoms with Crippen molar-refractivity contribution in [2.45, 2.75) is 26.2 Å². The highest BCUT2D eigenvalue weighted by atomic mass is 16.2. The predicted octanol–water partition coefficient (Wildman–Crippen LogP) is 4.62. The fraction of sp³-hybridized carbons (Fsp3) is 0.235. The smallest absolute Gasteiger partial charge is 0.231 e. The molecule has 1 aromatic heterocycles. The Morgan fingerprint density at radius 3 is 2.00 bits per heavy atom. The third kappa shape index (κ3) is 1.93. The van der Waals surface area contributed by atoms with Gasteiger partial charge in [0.05, 0.1) is 11.0 Å². The summed E-state index contributed by atoms with van der Waals surface area (Å²) >= 11 is 0. The van der Waals surface area contributed by atoms with E-state index in [4.69, 9.17) is 0 Å². The molecule has 3 aromatic rings. The molecule has 96 valence electrons. The molecule has 0 unspecified atom stereocenters. The summed E-state index contributed by atoms with van der Waals surface area (Å²) in [6.45, 7) is 2.11. The van der Waals surface area contributed by atoms with Crippen molar-refractivity contribution in [3.63, 3.8) is 0 Å². The lowest BCUT2D eigenvalue weighted by atomic mass is 10.2. The molecule has 0 fully saturated rings. The van der Waals surface area contributed by atoms with Crippen LogP contribution in [-0.2, 0) is 0 Å². The zero-order valence-corrected chi connectivity index (χ0v) is 11.1. The Morgan fingerprint density at radius 2 is 1.47 bits per heavy atom. The van der Waals surface area contributed by atoms with E-state index in [-0.39, 0.29) is 5.91 Å². The normalized spacial score (nSPS) is 11.2. The van der Waals surface area contributed by atoms with E-state index >= 15 is 0 Å². The maximum absolute atomic E-state index is 12.5. The van der Waals surface area contributed by atoms with E-state index in [0.717, 1.165) is 34.6 Å². The minimum atomic E-state index is 0.194. The number of fused-ring (bicyclic) bond motifs is 3. The van der Waals surface area contributed by atoms with Crippen LogP contribution in [0.15, 0.2) is 48.5 Å². The van der Waals surface area contributed by atoms with E-state index in [2.05, 4.69) is 19.1 Å². The Balaban J connectivity index is 2.27. The van der Waals surface area contributed by atoms with Gasteiger partial charge in [-0.25, -0.2) is 0 Å². The maximum atomic E-state index is 12.5. The molecule has 0 bridgehead atoms. The van der Waals surface area contributed by atoms with E-state index < -0.39 is 0 Å². The Bertz CT molecular complexity index is 686. The molecule has 0 saturated heterocycles. The number of carbonyl (C=O) groups excluding carboxylic acids is 1. The summed E-state index contributed by atoms with van der Waals surface area (Å²) in [5.74, 6) is 0.194. The van der Waals surface area contributed by atoms with E-state index in [1.54, 1.807) is 0 Å². The Labute approximate surface area is 112 Å². The van der Waals surface area contributed by atoms with Crippen LogP contribution in [-0.4, -0.2) is 10.5 Å². The zero-order valence-electron chi connectivity index (χ0n) is 11.1. The summed E-state index contributed by atoms with van der Waals surface area (Å²) in [6, 6.07) is 16.3.